The van der Waals surface area contributed by atoms with E-state index in [0.717, 1.165) is 0 Å². The molecule has 1 N–H and O–H groups in total. The molecule has 0 bridgehead atoms. The fraction of sp³-hybridized carbons (Fsp3) is 0.111. The summed E-state index contributed by atoms with van der Waals surface area (Å²) in [6, 6.07) is 4.65. The number of hydrogen-bond donors (Lipinski definition) is 1. The summed E-state index contributed by atoms with van der Waals surface area (Å²) in [5.41, 5.74) is 0.631. The highest BCUT2D eigenvalue weighted by atomic mass is 127. The second-order valence-corrected chi connectivity index (χ2v) is 3.68. The largest absolute Gasteiger partial charge is 0.507 e. The molecular weight excluding hydrogens is 281 g/mol. The van der Waals surface area contributed by atoms with Crippen LogP contribution in [0, 0.1) is 14.9 Å². The Morgan fingerprint density at radius 2 is 2.23 bits per heavy atom. The standard InChI is InChI=1S/C9H6INO2/c1-5(12)7-3-9(13)6(4-11)2-8(7)10/h2-3,13H,1H3. The first-order valence-corrected chi connectivity index (χ1v) is 4.57. The number of ketones is 1. The Hall–Kier alpha value is -1.09. The Bertz CT molecular complexity index is 407. The molecule has 3 nitrogen and oxygen atoms in total. The predicted octanol–water partition coefficient (Wildman–Crippen LogP) is 2.07. The number of phenols is 1. The van der Waals surface area contributed by atoms with Gasteiger partial charge in [0.2, 0.25) is 0 Å². The van der Waals surface area contributed by atoms with Crippen LogP contribution in [0.1, 0.15) is 22.8 Å². The van der Waals surface area contributed by atoms with E-state index in [1.54, 1.807) is 0 Å². The first-order chi connectivity index (χ1) is 6.06. The molecule has 0 saturated heterocycles. The third kappa shape index (κ3) is 1.98. The Balaban J connectivity index is 3.39. The van der Waals surface area contributed by atoms with Gasteiger partial charge in [-0.25, -0.2) is 0 Å². The molecule has 1 aromatic carbocycles. The molecule has 13 heavy (non-hydrogen) atoms. The number of benzene rings is 1. The summed E-state index contributed by atoms with van der Waals surface area (Å²) in [6.07, 6.45) is 0. The number of Topliss-reactive ketones (excluding diaryl/α,β-unsaturated/α-hetero) is 1. The zero-order valence-electron chi connectivity index (χ0n) is 6.84. The minimum Gasteiger partial charge on any atom is -0.507 e. The van der Waals surface area contributed by atoms with Crippen molar-refractivity contribution >= 4 is 28.4 Å². The van der Waals surface area contributed by atoms with Crippen LogP contribution in [0.25, 0.3) is 0 Å². The zero-order chi connectivity index (χ0) is 10.0. The number of hydrogen-bond acceptors (Lipinski definition) is 3. The average molecular weight is 287 g/mol. The molecule has 1 rings (SSSR count). The summed E-state index contributed by atoms with van der Waals surface area (Å²) in [5.74, 6) is -0.266. The normalized spacial score (nSPS) is 9.31. The zero-order valence-corrected chi connectivity index (χ0v) is 8.99. The average Bonchev–Trinajstić information content (AvgIpc) is 2.07. The van der Waals surface area contributed by atoms with Crippen LogP contribution >= 0.6 is 22.6 Å². The summed E-state index contributed by atoms with van der Waals surface area (Å²) in [4.78, 5) is 11.0. The molecule has 0 fully saturated rings. The maximum Gasteiger partial charge on any atom is 0.161 e. The minimum atomic E-state index is -0.145. The van der Waals surface area contributed by atoms with Crippen LogP contribution < -0.4 is 0 Å². The number of carbonyl (C=O) groups excluding carboxylic acids is 1. The van der Waals surface area contributed by atoms with Crippen LogP contribution in [0.4, 0.5) is 0 Å². The van der Waals surface area contributed by atoms with E-state index in [0.29, 0.717) is 9.13 Å². The molecule has 66 valence electrons. The smallest absolute Gasteiger partial charge is 0.161 e. The molecule has 0 saturated carbocycles. The molecule has 1 aromatic rings. The summed E-state index contributed by atoms with van der Waals surface area (Å²) in [7, 11) is 0. The number of aromatic hydroxyl groups is 1. The van der Waals surface area contributed by atoms with Crippen LogP contribution in [0.3, 0.4) is 0 Å². The van der Waals surface area contributed by atoms with Crippen molar-refractivity contribution in [2.75, 3.05) is 0 Å². The van der Waals surface area contributed by atoms with Crippen LogP contribution in [0.5, 0.6) is 5.75 Å². The van der Waals surface area contributed by atoms with Crippen molar-refractivity contribution in [1.82, 2.24) is 0 Å². The maximum absolute atomic E-state index is 11.0. The molecule has 0 aliphatic heterocycles. The summed E-state index contributed by atoms with van der Waals surface area (Å²) >= 11 is 1.96. The molecule has 0 unspecified atom stereocenters. The van der Waals surface area contributed by atoms with Gasteiger partial charge in [0, 0.05) is 9.13 Å². The monoisotopic (exact) mass is 287 g/mol. The molecule has 0 amide bonds. The van der Waals surface area contributed by atoms with Crippen LogP contribution in [0.15, 0.2) is 12.1 Å². The second-order valence-electron chi connectivity index (χ2n) is 2.52. The fourth-order valence-electron chi connectivity index (χ4n) is 0.921. The van der Waals surface area contributed by atoms with E-state index in [4.69, 9.17) is 5.26 Å². The summed E-state index contributed by atoms with van der Waals surface area (Å²) < 4.78 is 0.680. The third-order valence-corrected chi connectivity index (χ3v) is 2.48. The van der Waals surface area contributed by atoms with E-state index in [2.05, 4.69) is 0 Å². The van der Waals surface area contributed by atoms with Crippen molar-refractivity contribution in [1.29, 1.82) is 5.26 Å². The number of phenolic OH excluding ortho intramolecular Hbond substituents is 1. The molecule has 0 atom stereocenters. The predicted molar refractivity (Wildman–Crippen MR) is 55.5 cm³/mol. The SMILES string of the molecule is CC(=O)c1cc(O)c(C#N)cc1I. The van der Waals surface area contributed by atoms with E-state index in [1.165, 1.54) is 19.1 Å². The Morgan fingerprint density at radius 3 is 2.69 bits per heavy atom. The Labute approximate surface area is 89.1 Å². The van der Waals surface area contributed by atoms with Gasteiger partial charge in [-0.2, -0.15) is 5.26 Å². The van der Waals surface area contributed by atoms with Crippen LogP contribution in [0.2, 0.25) is 0 Å². The van der Waals surface area contributed by atoms with Crippen molar-refractivity contribution in [3.05, 3.63) is 26.8 Å². The van der Waals surface area contributed by atoms with Gasteiger partial charge in [-0.1, -0.05) is 0 Å². The van der Waals surface area contributed by atoms with E-state index in [1.807, 2.05) is 28.7 Å². The lowest BCUT2D eigenvalue weighted by Crippen LogP contribution is -1.96. The van der Waals surface area contributed by atoms with E-state index in [-0.39, 0.29) is 17.1 Å². The molecule has 0 aliphatic rings. The van der Waals surface area contributed by atoms with Gasteiger partial charge in [0.15, 0.2) is 5.78 Å². The molecule has 0 radical (unpaired) electrons. The number of rotatable bonds is 1. The van der Waals surface area contributed by atoms with Crippen molar-refractivity contribution in [2.45, 2.75) is 6.92 Å². The Morgan fingerprint density at radius 1 is 1.62 bits per heavy atom. The lowest BCUT2D eigenvalue weighted by Gasteiger charge is -2.02. The van der Waals surface area contributed by atoms with Gasteiger partial charge in [0.05, 0.1) is 5.56 Å². The van der Waals surface area contributed by atoms with Gasteiger partial charge in [0.25, 0.3) is 0 Å². The van der Waals surface area contributed by atoms with Gasteiger partial charge in [-0.05, 0) is 41.6 Å². The number of carbonyl (C=O) groups is 1. The molecule has 0 aromatic heterocycles. The van der Waals surface area contributed by atoms with Gasteiger partial charge in [0.1, 0.15) is 11.8 Å². The number of halogens is 1. The highest BCUT2D eigenvalue weighted by molar-refractivity contribution is 14.1. The van der Waals surface area contributed by atoms with Crippen molar-refractivity contribution in [2.24, 2.45) is 0 Å². The van der Waals surface area contributed by atoms with E-state index < -0.39 is 0 Å². The summed E-state index contributed by atoms with van der Waals surface area (Å²) in [6.45, 7) is 1.42. The molecule has 4 heteroatoms. The quantitative estimate of drug-likeness (QED) is 0.635. The Kier molecular flexibility index (Phi) is 2.88. The van der Waals surface area contributed by atoms with Crippen LogP contribution in [-0.4, -0.2) is 10.9 Å². The number of nitrogens with zero attached hydrogens (tertiary/aromatic N) is 1. The third-order valence-electron chi connectivity index (χ3n) is 1.59. The maximum atomic E-state index is 11.0. The van der Waals surface area contributed by atoms with Crippen LogP contribution in [-0.2, 0) is 0 Å². The van der Waals surface area contributed by atoms with Gasteiger partial charge >= 0.3 is 0 Å². The molecule has 0 aliphatic carbocycles. The van der Waals surface area contributed by atoms with Gasteiger partial charge < -0.3 is 5.11 Å². The number of nitriles is 1. The van der Waals surface area contributed by atoms with Gasteiger partial charge in [-0.3, -0.25) is 4.79 Å². The highest BCUT2D eigenvalue weighted by Crippen LogP contribution is 2.23. The van der Waals surface area contributed by atoms with E-state index in [9.17, 15) is 9.90 Å². The van der Waals surface area contributed by atoms with E-state index >= 15 is 0 Å². The lowest BCUT2D eigenvalue weighted by atomic mass is 10.1. The van der Waals surface area contributed by atoms with Gasteiger partial charge in [-0.15, -0.1) is 0 Å². The minimum absolute atomic E-state index is 0.121. The molecule has 0 spiro atoms. The molecule has 0 heterocycles. The second kappa shape index (κ2) is 3.75. The fourth-order valence-corrected chi connectivity index (χ4v) is 1.77. The molecular formula is C9H6INO2. The first kappa shape index (κ1) is 9.99. The lowest BCUT2D eigenvalue weighted by molar-refractivity contribution is 0.101. The highest BCUT2D eigenvalue weighted by Gasteiger charge is 2.09. The first-order valence-electron chi connectivity index (χ1n) is 3.50. The van der Waals surface area contributed by atoms with Crippen molar-refractivity contribution in [3.63, 3.8) is 0 Å². The summed E-state index contributed by atoms with van der Waals surface area (Å²) in [5, 5.41) is 17.9. The topological polar surface area (TPSA) is 61.1 Å². The van der Waals surface area contributed by atoms with Crippen molar-refractivity contribution in [3.8, 4) is 11.8 Å². The van der Waals surface area contributed by atoms with Crippen molar-refractivity contribution < 1.29 is 9.90 Å².